The monoisotopic (exact) mass is 357 g/mol. The van der Waals surface area contributed by atoms with Gasteiger partial charge in [0.2, 0.25) is 17.6 Å². The summed E-state index contributed by atoms with van der Waals surface area (Å²) >= 11 is 0. The fourth-order valence-electron chi connectivity index (χ4n) is 3.30. The van der Waals surface area contributed by atoms with Gasteiger partial charge in [-0.25, -0.2) is 0 Å². The molecule has 0 radical (unpaired) electrons. The molecule has 26 heavy (non-hydrogen) atoms. The molecular formula is C19H19NO6. The molecule has 1 aliphatic carbocycles. The summed E-state index contributed by atoms with van der Waals surface area (Å²) in [7, 11) is 1.44. The van der Waals surface area contributed by atoms with E-state index in [2.05, 4.69) is 0 Å². The lowest BCUT2D eigenvalue weighted by Gasteiger charge is -2.14. The number of amides is 2. The van der Waals surface area contributed by atoms with Crippen LogP contribution in [0.1, 0.15) is 23.2 Å². The number of Topliss-reactive ketones (excluding diaryl/α,β-unsaturated/α-hetero) is 1. The van der Waals surface area contributed by atoms with Crippen LogP contribution >= 0.6 is 0 Å². The van der Waals surface area contributed by atoms with E-state index >= 15 is 0 Å². The lowest BCUT2D eigenvalue weighted by atomic mass is 9.85. The SMILES string of the molecule is COc1ccccc1C(=O)COC(=O)CN1C(=O)[C@H]2CC=CC[C@@H]2C1=O. The number of methoxy groups -OCH3 is 1. The van der Waals surface area contributed by atoms with Crippen LogP contribution in [0, 0.1) is 11.8 Å². The summed E-state index contributed by atoms with van der Waals surface area (Å²) in [5.41, 5.74) is 0.299. The van der Waals surface area contributed by atoms with Crippen LogP contribution in [0.4, 0.5) is 0 Å². The van der Waals surface area contributed by atoms with Gasteiger partial charge in [0, 0.05) is 0 Å². The Balaban J connectivity index is 1.57. The molecule has 0 bridgehead atoms. The van der Waals surface area contributed by atoms with Crippen LogP contribution in [0.5, 0.6) is 5.75 Å². The van der Waals surface area contributed by atoms with E-state index in [0.717, 1.165) is 4.90 Å². The van der Waals surface area contributed by atoms with Crippen molar-refractivity contribution < 1.29 is 28.7 Å². The second kappa shape index (κ2) is 7.51. The number of para-hydroxylation sites is 1. The Labute approximate surface area is 150 Å². The third kappa shape index (κ3) is 3.37. The van der Waals surface area contributed by atoms with E-state index in [4.69, 9.17) is 9.47 Å². The quantitative estimate of drug-likeness (QED) is 0.331. The molecule has 0 spiro atoms. The lowest BCUT2D eigenvalue weighted by molar-refractivity contribution is -0.152. The van der Waals surface area contributed by atoms with Crippen LogP contribution in [0.3, 0.4) is 0 Å². The first kappa shape index (κ1) is 17.8. The fraction of sp³-hybridized carbons (Fsp3) is 0.368. The molecule has 2 amide bonds. The number of carbonyl (C=O) groups excluding carboxylic acids is 4. The second-order valence-electron chi connectivity index (χ2n) is 6.20. The molecule has 2 aliphatic rings. The smallest absolute Gasteiger partial charge is 0.326 e. The van der Waals surface area contributed by atoms with Crippen molar-refractivity contribution in [2.75, 3.05) is 20.3 Å². The van der Waals surface area contributed by atoms with Gasteiger partial charge in [-0.2, -0.15) is 0 Å². The fourth-order valence-corrected chi connectivity index (χ4v) is 3.30. The highest BCUT2D eigenvalue weighted by Crippen LogP contribution is 2.34. The molecule has 0 aromatic heterocycles. The Bertz CT molecular complexity index is 758. The van der Waals surface area contributed by atoms with Gasteiger partial charge in [0.25, 0.3) is 0 Å². The third-order valence-corrected chi connectivity index (χ3v) is 4.66. The second-order valence-corrected chi connectivity index (χ2v) is 6.20. The van der Waals surface area contributed by atoms with Crippen LogP contribution in [-0.4, -0.2) is 48.7 Å². The zero-order chi connectivity index (χ0) is 18.7. The molecule has 0 saturated carbocycles. The van der Waals surface area contributed by atoms with Crippen molar-refractivity contribution in [2.45, 2.75) is 12.8 Å². The lowest BCUT2D eigenvalue weighted by Crippen LogP contribution is -2.37. The summed E-state index contributed by atoms with van der Waals surface area (Å²) in [6.07, 6.45) is 4.76. The van der Waals surface area contributed by atoms with Gasteiger partial charge in [-0.05, 0) is 25.0 Å². The van der Waals surface area contributed by atoms with Gasteiger partial charge < -0.3 is 9.47 Å². The number of imide groups is 1. The van der Waals surface area contributed by atoms with Gasteiger partial charge in [0.1, 0.15) is 12.3 Å². The predicted molar refractivity (Wildman–Crippen MR) is 90.4 cm³/mol. The summed E-state index contributed by atoms with van der Waals surface area (Å²) in [5.74, 6) is -2.31. The van der Waals surface area contributed by atoms with Crippen molar-refractivity contribution in [3.05, 3.63) is 42.0 Å². The Hall–Kier alpha value is -2.96. The summed E-state index contributed by atoms with van der Waals surface area (Å²) in [4.78, 5) is 49.8. The van der Waals surface area contributed by atoms with E-state index in [-0.39, 0.29) is 11.8 Å². The topological polar surface area (TPSA) is 90.0 Å². The number of rotatable bonds is 6. The molecule has 3 rings (SSSR count). The minimum Gasteiger partial charge on any atom is -0.496 e. The van der Waals surface area contributed by atoms with E-state index < -0.39 is 36.7 Å². The summed E-state index contributed by atoms with van der Waals surface area (Å²) in [6, 6.07) is 6.60. The number of allylic oxidation sites excluding steroid dienone is 2. The van der Waals surface area contributed by atoms with E-state index in [0.29, 0.717) is 24.2 Å². The van der Waals surface area contributed by atoms with Crippen molar-refractivity contribution >= 4 is 23.6 Å². The molecule has 1 fully saturated rings. The number of ketones is 1. The van der Waals surface area contributed by atoms with E-state index in [9.17, 15) is 19.2 Å². The number of benzene rings is 1. The van der Waals surface area contributed by atoms with Gasteiger partial charge in [0.15, 0.2) is 6.61 Å². The number of likely N-dealkylation sites (tertiary alicyclic amines) is 1. The molecule has 1 aliphatic heterocycles. The zero-order valence-electron chi connectivity index (χ0n) is 14.3. The Morgan fingerprint density at radius 2 is 1.69 bits per heavy atom. The average molecular weight is 357 g/mol. The minimum absolute atomic E-state index is 0.299. The van der Waals surface area contributed by atoms with Crippen LogP contribution in [0.2, 0.25) is 0 Å². The summed E-state index contributed by atoms with van der Waals surface area (Å²) in [6.45, 7) is -0.951. The number of carbonyl (C=O) groups is 4. The molecule has 7 heteroatoms. The molecule has 1 aromatic rings. The first-order valence-electron chi connectivity index (χ1n) is 8.35. The summed E-state index contributed by atoms with van der Waals surface area (Å²) in [5, 5.41) is 0. The number of ether oxygens (including phenoxy) is 2. The van der Waals surface area contributed by atoms with Crippen LogP contribution in [-0.2, 0) is 19.1 Å². The standard InChI is InChI=1S/C19H19NO6/c1-25-16-9-5-4-8-14(16)15(21)11-26-17(22)10-20-18(23)12-6-2-3-7-13(12)19(20)24/h2-5,8-9,12-13H,6-7,10-11H2,1H3/t12-,13-/m0/s1. The maximum Gasteiger partial charge on any atom is 0.326 e. The number of hydrogen-bond donors (Lipinski definition) is 0. The summed E-state index contributed by atoms with van der Waals surface area (Å²) < 4.78 is 10.1. The van der Waals surface area contributed by atoms with Gasteiger partial charge in [-0.3, -0.25) is 24.1 Å². The normalized spacial score (nSPS) is 21.5. The molecule has 0 N–H and O–H groups in total. The maximum atomic E-state index is 12.3. The largest absolute Gasteiger partial charge is 0.496 e. The Kier molecular flexibility index (Phi) is 5.16. The average Bonchev–Trinajstić information content (AvgIpc) is 2.91. The van der Waals surface area contributed by atoms with Gasteiger partial charge in [-0.1, -0.05) is 24.3 Å². The van der Waals surface area contributed by atoms with Crippen molar-refractivity contribution in [1.82, 2.24) is 4.90 Å². The van der Waals surface area contributed by atoms with E-state index in [1.165, 1.54) is 7.11 Å². The molecule has 1 heterocycles. The third-order valence-electron chi connectivity index (χ3n) is 4.66. The molecule has 136 valence electrons. The zero-order valence-corrected chi connectivity index (χ0v) is 14.3. The van der Waals surface area contributed by atoms with Crippen LogP contribution in [0.25, 0.3) is 0 Å². The number of fused-ring (bicyclic) bond motifs is 1. The Morgan fingerprint density at radius 1 is 1.08 bits per heavy atom. The van der Waals surface area contributed by atoms with E-state index in [1.54, 1.807) is 24.3 Å². The molecule has 1 saturated heterocycles. The maximum absolute atomic E-state index is 12.3. The highest BCUT2D eigenvalue weighted by Gasteiger charge is 2.47. The minimum atomic E-state index is -0.790. The van der Waals surface area contributed by atoms with Crippen LogP contribution < -0.4 is 4.74 Å². The van der Waals surface area contributed by atoms with Crippen LogP contribution in [0.15, 0.2) is 36.4 Å². The van der Waals surface area contributed by atoms with Gasteiger partial charge in [-0.15, -0.1) is 0 Å². The van der Waals surface area contributed by atoms with Gasteiger partial charge >= 0.3 is 5.97 Å². The first-order chi connectivity index (χ1) is 12.5. The molecule has 7 nitrogen and oxygen atoms in total. The van der Waals surface area contributed by atoms with Crippen molar-refractivity contribution in [3.63, 3.8) is 0 Å². The van der Waals surface area contributed by atoms with E-state index in [1.807, 2.05) is 12.2 Å². The number of esters is 1. The van der Waals surface area contributed by atoms with Crippen molar-refractivity contribution in [2.24, 2.45) is 11.8 Å². The molecular weight excluding hydrogens is 338 g/mol. The highest BCUT2D eigenvalue weighted by atomic mass is 16.5. The number of hydrogen-bond acceptors (Lipinski definition) is 6. The molecule has 0 unspecified atom stereocenters. The first-order valence-corrected chi connectivity index (χ1v) is 8.35. The highest BCUT2D eigenvalue weighted by molar-refractivity contribution is 6.07. The predicted octanol–water partition coefficient (Wildman–Crippen LogP) is 1.37. The Morgan fingerprint density at radius 3 is 2.31 bits per heavy atom. The number of nitrogens with zero attached hydrogens (tertiary/aromatic N) is 1. The molecule has 2 atom stereocenters. The van der Waals surface area contributed by atoms with Crippen molar-refractivity contribution in [1.29, 1.82) is 0 Å². The molecule has 1 aromatic carbocycles. The van der Waals surface area contributed by atoms with Gasteiger partial charge in [0.05, 0.1) is 24.5 Å². The van der Waals surface area contributed by atoms with Crippen molar-refractivity contribution in [3.8, 4) is 5.75 Å².